The summed E-state index contributed by atoms with van der Waals surface area (Å²) in [5.41, 5.74) is 0. The smallest absolute Gasteiger partial charge is 0.230 e. The number of nitrogens with zero attached hydrogens (tertiary/aromatic N) is 2. The topological polar surface area (TPSA) is 93.5 Å². The molecule has 0 aliphatic carbocycles. The van der Waals surface area contributed by atoms with Crippen molar-refractivity contribution in [2.24, 2.45) is 5.92 Å². The van der Waals surface area contributed by atoms with E-state index in [4.69, 9.17) is 9.84 Å². The Bertz CT molecular complexity index is 319. The van der Waals surface area contributed by atoms with Gasteiger partial charge in [0, 0.05) is 26.2 Å². The van der Waals surface area contributed by atoms with E-state index in [-0.39, 0.29) is 19.1 Å². The Kier molecular flexibility index (Phi) is 4.75. The lowest BCUT2D eigenvalue weighted by Gasteiger charge is -2.40. The molecule has 2 aliphatic rings. The lowest BCUT2D eigenvalue weighted by molar-refractivity contribution is -0.187. The molecule has 19 heavy (non-hydrogen) atoms. The van der Waals surface area contributed by atoms with E-state index in [1.54, 1.807) is 4.90 Å². The molecule has 2 rings (SSSR count). The molecule has 2 fully saturated rings. The zero-order chi connectivity index (χ0) is 14.0. The number of piperazine rings is 1. The van der Waals surface area contributed by atoms with E-state index in [9.17, 15) is 15.0 Å². The van der Waals surface area contributed by atoms with Crippen molar-refractivity contribution in [1.29, 1.82) is 0 Å². The number of aliphatic hydroxyl groups excluding tert-OH is 3. The highest BCUT2D eigenvalue weighted by Crippen LogP contribution is 2.22. The standard InChI is InChI=1S/C12H22N2O5/c1-13-2-4-14(5-3-13)12(18)8-7-19-9(6-15)11(17)10(8)16/h8-11,15-17H,2-7H2,1H3/t8-,9-,10-,11+/m1/s1. The van der Waals surface area contributed by atoms with Crippen LogP contribution in [0.5, 0.6) is 0 Å². The summed E-state index contributed by atoms with van der Waals surface area (Å²) in [4.78, 5) is 16.1. The summed E-state index contributed by atoms with van der Waals surface area (Å²) >= 11 is 0. The molecule has 2 aliphatic heterocycles. The molecule has 110 valence electrons. The SMILES string of the molecule is CN1CCN(C(=O)[C@@H]2CO[C@H](CO)[C@H](O)[C@@H]2O)CC1. The number of ether oxygens (including phenoxy) is 1. The van der Waals surface area contributed by atoms with Gasteiger partial charge in [0.2, 0.25) is 5.91 Å². The van der Waals surface area contributed by atoms with Gasteiger partial charge < -0.3 is 29.9 Å². The van der Waals surface area contributed by atoms with Gasteiger partial charge >= 0.3 is 0 Å². The lowest BCUT2D eigenvalue weighted by atomic mass is 9.91. The summed E-state index contributed by atoms with van der Waals surface area (Å²) in [6, 6.07) is 0. The number of hydrogen-bond donors (Lipinski definition) is 3. The zero-order valence-corrected chi connectivity index (χ0v) is 11.1. The van der Waals surface area contributed by atoms with Crippen LogP contribution in [0.1, 0.15) is 0 Å². The van der Waals surface area contributed by atoms with Crippen LogP contribution < -0.4 is 0 Å². The van der Waals surface area contributed by atoms with Crippen molar-refractivity contribution in [3.63, 3.8) is 0 Å². The maximum atomic E-state index is 12.3. The van der Waals surface area contributed by atoms with E-state index < -0.39 is 24.2 Å². The number of aliphatic hydroxyl groups is 3. The van der Waals surface area contributed by atoms with Gasteiger partial charge in [0.15, 0.2) is 0 Å². The van der Waals surface area contributed by atoms with E-state index >= 15 is 0 Å². The fraction of sp³-hybridized carbons (Fsp3) is 0.917. The minimum absolute atomic E-state index is 0.0363. The number of rotatable bonds is 2. The molecular formula is C12H22N2O5. The van der Waals surface area contributed by atoms with Gasteiger partial charge in [-0.2, -0.15) is 0 Å². The summed E-state index contributed by atoms with van der Waals surface area (Å²) in [6.07, 6.45) is -3.22. The second kappa shape index (κ2) is 6.15. The zero-order valence-electron chi connectivity index (χ0n) is 11.1. The molecule has 0 bridgehead atoms. The highest BCUT2D eigenvalue weighted by Gasteiger charge is 2.43. The predicted octanol–water partition coefficient (Wildman–Crippen LogP) is -2.51. The number of amides is 1. The number of hydrogen-bond acceptors (Lipinski definition) is 6. The van der Waals surface area contributed by atoms with Crippen LogP contribution in [0.2, 0.25) is 0 Å². The van der Waals surface area contributed by atoms with Crippen LogP contribution >= 0.6 is 0 Å². The number of carbonyl (C=O) groups is 1. The highest BCUT2D eigenvalue weighted by molar-refractivity contribution is 5.80. The molecule has 7 nitrogen and oxygen atoms in total. The van der Waals surface area contributed by atoms with Gasteiger partial charge in [0.25, 0.3) is 0 Å². The monoisotopic (exact) mass is 274 g/mol. The van der Waals surface area contributed by atoms with E-state index in [0.29, 0.717) is 13.1 Å². The van der Waals surface area contributed by atoms with Gasteiger partial charge in [0.05, 0.1) is 25.2 Å². The molecule has 0 aromatic heterocycles. The first-order chi connectivity index (χ1) is 9.04. The van der Waals surface area contributed by atoms with Crippen molar-refractivity contribution in [3.8, 4) is 0 Å². The van der Waals surface area contributed by atoms with Gasteiger partial charge in [-0.3, -0.25) is 4.79 Å². The Labute approximate surface area is 112 Å². The number of carbonyl (C=O) groups excluding carboxylic acids is 1. The fourth-order valence-electron chi connectivity index (χ4n) is 2.52. The summed E-state index contributed by atoms with van der Waals surface area (Å²) in [5.74, 6) is -0.933. The van der Waals surface area contributed by atoms with Crippen LogP contribution in [0.4, 0.5) is 0 Å². The number of likely N-dealkylation sites (N-methyl/N-ethyl adjacent to an activating group) is 1. The molecule has 0 aromatic rings. The first kappa shape index (κ1) is 14.7. The Balaban J connectivity index is 1.96. The first-order valence-electron chi connectivity index (χ1n) is 6.60. The third-order valence-corrected chi connectivity index (χ3v) is 3.95. The molecule has 0 aromatic carbocycles. The van der Waals surface area contributed by atoms with Gasteiger partial charge in [-0.15, -0.1) is 0 Å². The fourth-order valence-corrected chi connectivity index (χ4v) is 2.52. The lowest BCUT2D eigenvalue weighted by Crippen LogP contribution is -2.58. The van der Waals surface area contributed by atoms with E-state index in [1.807, 2.05) is 7.05 Å². The van der Waals surface area contributed by atoms with Gasteiger partial charge in [-0.25, -0.2) is 0 Å². The van der Waals surface area contributed by atoms with Crippen LogP contribution in [0.25, 0.3) is 0 Å². The molecule has 0 saturated carbocycles. The Hall–Kier alpha value is -0.730. The van der Waals surface area contributed by atoms with Crippen LogP contribution in [0.15, 0.2) is 0 Å². The van der Waals surface area contributed by atoms with Crippen molar-refractivity contribution >= 4 is 5.91 Å². The molecule has 0 unspecified atom stereocenters. The largest absolute Gasteiger partial charge is 0.394 e. The van der Waals surface area contributed by atoms with Crippen LogP contribution in [-0.2, 0) is 9.53 Å². The first-order valence-corrected chi connectivity index (χ1v) is 6.60. The predicted molar refractivity (Wildman–Crippen MR) is 66.4 cm³/mol. The Morgan fingerprint density at radius 2 is 1.84 bits per heavy atom. The quantitative estimate of drug-likeness (QED) is 0.515. The second-order valence-corrected chi connectivity index (χ2v) is 5.27. The van der Waals surface area contributed by atoms with Crippen LogP contribution in [0, 0.1) is 5.92 Å². The van der Waals surface area contributed by atoms with Crippen molar-refractivity contribution in [3.05, 3.63) is 0 Å². The third-order valence-electron chi connectivity index (χ3n) is 3.95. The molecule has 2 heterocycles. The van der Waals surface area contributed by atoms with Crippen molar-refractivity contribution in [2.45, 2.75) is 18.3 Å². The minimum Gasteiger partial charge on any atom is -0.394 e. The Morgan fingerprint density at radius 1 is 1.21 bits per heavy atom. The Morgan fingerprint density at radius 3 is 2.42 bits per heavy atom. The molecular weight excluding hydrogens is 252 g/mol. The molecule has 2 saturated heterocycles. The second-order valence-electron chi connectivity index (χ2n) is 5.27. The van der Waals surface area contributed by atoms with Crippen LogP contribution in [-0.4, -0.2) is 95.8 Å². The van der Waals surface area contributed by atoms with E-state index in [1.165, 1.54) is 0 Å². The molecule has 4 atom stereocenters. The van der Waals surface area contributed by atoms with Gasteiger partial charge in [-0.1, -0.05) is 0 Å². The van der Waals surface area contributed by atoms with Crippen molar-refractivity contribution in [2.75, 3.05) is 46.4 Å². The molecule has 0 radical (unpaired) electrons. The summed E-state index contributed by atoms with van der Waals surface area (Å²) < 4.78 is 5.24. The molecule has 7 heteroatoms. The molecule has 1 amide bonds. The average Bonchev–Trinajstić information content (AvgIpc) is 2.42. The molecule has 3 N–H and O–H groups in total. The summed E-state index contributed by atoms with van der Waals surface area (Å²) in [6.45, 7) is 2.52. The van der Waals surface area contributed by atoms with Gasteiger partial charge in [-0.05, 0) is 7.05 Å². The normalized spacial score (nSPS) is 37.4. The van der Waals surface area contributed by atoms with E-state index in [2.05, 4.69) is 4.90 Å². The minimum atomic E-state index is -1.22. The average molecular weight is 274 g/mol. The van der Waals surface area contributed by atoms with Crippen molar-refractivity contribution in [1.82, 2.24) is 9.80 Å². The van der Waals surface area contributed by atoms with Gasteiger partial charge in [0.1, 0.15) is 12.2 Å². The maximum Gasteiger partial charge on any atom is 0.230 e. The molecule has 0 spiro atoms. The maximum absolute atomic E-state index is 12.3. The highest BCUT2D eigenvalue weighted by atomic mass is 16.5. The van der Waals surface area contributed by atoms with Crippen LogP contribution in [0.3, 0.4) is 0 Å². The summed E-state index contributed by atoms with van der Waals surface area (Å²) in [5, 5.41) is 28.8. The summed E-state index contributed by atoms with van der Waals surface area (Å²) in [7, 11) is 2.00. The van der Waals surface area contributed by atoms with Crippen molar-refractivity contribution < 1.29 is 24.9 Å². The van der Waals surface area contributed by atoms with E-state index in [0.717, 1.165) is 13.1 Å². The third kappa shape index (κ3) is 3.06.